The molecule has 1 fully saturated rings. The predicted molar refractivity (Wildman–Crippen MR) is 85.0 cm³/mol. The van der Waals surface area contributed by atoms with Crippen LogP contribution in [0, 0.1) is 12.7 Å². The number of halogens is 1. The summed E-state index contributed by atoms with van der Waals surface area (Å²) in [6, 6.07) is 2.91. The van der Waals surface area contributed by atoms with E-state index in [1.54, 1.807) is 13.0 Å². The van der Waals surface area contributed by atoms with Gasteiger partial charge in [0.1, 0.15) is 11.9 Å². The van der Waals surface area contributed by atoms with E-state index in [9.17, 15) is 23.6 Å². The number of carbonyl (C=O) groups is 4. The van der Waals surface area contributed by atoms with E-state index < -0.39 is 41.8 Å². The zero-order valence-electron chi connectivity index (χ0n) is 13.7. The number of rotatable bonds is 6. The van der Waals surface area contributed by atoms with E-state index in [-0.39, 0.29) is 18.5 Å². The summed E-state index contributed by atoms with van der Waals surface area (Å²) in [5.41, 5.74) is 0.696. The zero-order chi connectivity index (χ0) is 18.6. The van der Waals surface area contributed by atoms with Gasteiger partial charge in [-0.25, -0.2) is 9.18 Å². The standard InChI is InChI=1S/C16H18FN3O5/c1-8-3-4-11(10(17)7-8)18-14(22)9(2)25-13(21)6-5-12-15(23)20-16(24)19-12/h3-4,7,9,12H,5-6H2,1-2H3,(H,18,22)(H2,19,20,23,24)/t9-,12+/m1/s1. The molecule has 0 aromatic heterocycles. The van der Waals surface area contributed by atoms with Crippen molar-refractivity contribution in [2.45, 2.75) is 38.8 Å². The van der Waals surface area contributed by atoms with Crippen LogP contribution in [-0.2, 0) is 19.1 Å². The summed E-state index contributed by atoms with van der Waals surface area (Å²) in [6.45, 7) is 3.06. The SMILES string of the molecule is Cc1ccc(NC(=O)[C@@H](C)OC(=O)CC[C@@H]2NC(=O)NC2=O)c(F)c1. The zero-order valence-corrected chi connectivity index (χ0v) is 13.7. The van der Waals surface area contributed by atoms with Gasteiger partial charge in [0.05, 0.1) is 5.69 Å². The van der Waals surface area contributed by atoms with Crippen molar-refractivity contribution in [3.8, 4) is 0 Å². The lowest BCUT2D eigenvalue weighted by molar-refractivity contribution is -0.153. The fourth-order valence-corrected chi connectivity index (χ4v) is 2.19. The van der Waals surface area contributed by atoms with Crippen LogP contribution in [0.15, 0.2) is 18.2 Å². The van der Waals surface area contributed by atoms with Crippen LogP contribution in [0.1, 0.15) is 25.3 Å². The molecule has 2 rings (SSSR count). The van der Waals surface area contributed by atoms with Crippen LogP contribution >= 0.6 is 0 Å². The number of hydrogen-bond donors (Lipinski definition) is 3. The second-order valence-corrected chi connectivity index (χ2v) is 5.66. The number of carbonyl (C=O) groups excluding carboxylic acids is 4. The number of hydrogen-bond acceptors (Lipinski definition) is 5. The van der Waals surface area contributed by atoms with Gasteiger partial charge in [0.25, 0.3) is 11.8 Å². The Bertz CT molecular complexity index is 722. The molecule has 134 valence electrons. The van der Waals surface area contributed by atoms with Crippen molar-refractivity contribution in [1.82, 2.24) is 10.6 Å². The van der Waals surface area contributed by atoms with Crippen molar-refractivity contribution < 1.29 is 28.3 Å². The number of nitrogens with one attached hydrogen (secondary N) is 3. The molecule has 8 nitrogen and oxygen atoms in total. The molecule has 0 spiro atoms. The van der Waals surface area contributed by atoms with Crippen molar-refractivity contribution in [3.05, 3.63) is 29.6 Å². The monoisotopic (exact) mass is 351 g/mol. The first-order valence-electron chi connectivity index (χ1n) is 7.64. The van der Waals surface area contributed by atoms with Crippen molar-refractivity contribution in [3.63, 3.8) is 0 Å². The van der Waals surface area contributed by atoms with Gasteiger partial charge in [0.2, 0.25) is 0 Å². The first-order valence-corrected chi connectivity index (χ1v) is 7.64. The number of amides is 4. The van der Waals surface area contributed by atoms with Gasteiger partial charge >= 0.3 is 12.0 Å². The number of benzene rings is 1. The molecular formula is C16H18FN3O5. The third-order valence-corrected chi connectivity index (χ3v) is 3.56. The van der Waals surface area contributed by atoms with Crippen molar-refractivity contribution in [2.75, 3.05) is 5.32 Å². The molecule has 1 aliphatic rings. The normalized spacial score (nSPS) is 17.5. The molecule has 1 saturated heterocycles. The molecule has 0 aliphatic carbocycles. The predicted octanol–water partition coefficient (Wildman–Crippen LogP) is 0.993. The summed E-state index contributed by atoms with van der Waals surface area (Å²) in [6.07, 6.45) is -1.24. The third-order valence-electron chi connectivity index (χ3n) is 3.56. The summed E-state index contributed by atoms with van der Waals surface area (Å²) in [5.74, 6) is -2.49. The van der Waals surface area contributed by atoms with Crippen molar-refractivity contribution >= 4 is 29.5 Å². The minimum atomic E-state index is -1.14. The fourth-order valence-electron chi connectivity index (χ4n) is 2.19. The molecule has 1 aromatic rings. The summed E-state index contributed by atoms with van der Waals surface area (Å²) in [7, 11) is 0. The summed E-state index contributed by atoms with van der Waals surface area (Å²) >= 11 is 0. The summed E-state index contributed by atoms with van der Waals surface area (Å²) < 4.78 is 18.7. The van der Waals surface area contributed by atoms with Gasteiger partial charge in [0.15, 0.2) is 6.10 Å². The van der Waals surface area contributed by atoms with E-state index in [2.05, 4.69) is 10.6 Å². The fraction of sp³-hybridized carbons (Fsp3) is 0.375. The molecule has 1 heterocycles. The Morgan fingerprint density at radius 1 is 1.36 bits per heavy atom. The second kappa shape index (κ2) is 7.73. The highest BCUT2D eigenvalue weighted by molar-refractivity contribution is 6.04. The molecular weight excluding hydrogens is 333 g/mol. The summed E-state index contributed by atoms with van der Waals surface area (Å²) in [5, 5.41) is 6.74. The minimum Gasteiger partial charge on any atom is -0.453 e. The molecule has 2 atom stereocenters. The van der Waals surface area contributed by atoms with E-state index in [0.717, 1.165) is 0 Å². The topological polar surface area (TPSA) is 114 Å². The third kappa shape index (κ3) is 5.00. The second-order valence-electron chi connectivity index (χ2n) is 5.66. The Hall–Kier alpha value is -2.97. The summed E-state index contributed by atoms with van der Waals surface area (Å²) in [4.78, 5) is 46.0. The van der Waals surface area contributed by atoms with Crippen LogP contribution < -0.4 is 16.0 Å². The number of imide groups is 1. The molecule has 0 bridgehead atoms. The molecule has 25 heavy (non-hydrogen) atoms. The van der Waals surface area contributed by atoms with E-state index in [1.165, 1.54) is 19.1 Å². The lowest BCUT2D eigenvalue weighted by Crippen LogP contribution is -2.32. The van der Waals surface area contributed by atoms with Crippen LogP contribution in [0.4, 0.5) is 14.9 Å². The van der Waals surface area contributed by atoms with Crippen LogP contribution in [0.5, 0.6) is 0 Å². The Kier molecular flexibility index (Phi) is 5.68. The molecule has 3 N–H and O–H groups in total. The number of anilines is 1. The maximum absolute atomic E-state index is 13.7. The molecule has 1 aliphatic heterocycles. The highest BCUT2D eigenvalue weighted by Crippen LogP contribution is 2.16. The van der Waals surface area contributed by atoms with Crippen molar-refractivity contribution in [2.24, 2.45) is 0 Å². The van der Waals surface area contributed by atoms with Crippen LogP contribution in [-0.4, -0.2) is 36.0 Å². The Balaban J connectivity index is 1.80. The molecule has 9 heteroatoms. The van der Waals surface area contributed by atoms with Gasteiger partial charge < -0.3 is 15.4 Å². The number of ether oxygens (including phenoxy) is 1. The van der Waals surface area contributed by atoms with Crippen LogP contribution in [0.25, 0.3) is 0 Å². The number of urea groups is 1. The lowest BCUT2D eigenvalue weighted by atomic mass is 10.1. The lowest BCUT2D eigenvalue weighted by Gasteiger charge is -2.14. The van der Waals surface area contributed by atoms with Crippen molar-refractivity contribution in [1.29, 1.82) is 0 Å². The molecule has 4 amide bonds. The molecule has 0 saturated carbocycles. The van der Waals surface area contributed by atoms with E-state index in [4.69, 9.17) is 4.74 Å². The van der Waals surface area contributed by atoms with Gasteiger partial charge in [-0.2, -0.15) is 0 Å². The van der Waals surface area contributed by atoms with Crippen LogP contribution in [0.3, 0.4) is 0 Å². The largest absolute Gasteiger partial charge is 0.453 e. The van der Waals surface area contributed by atoms with Crippen LogP contribution in [0.2, 0.25) is 0 Å². The molecule has 1 aromatic carbocycles. The quantitative estimate of drug-likeness (QED) is 0.522. The van der Waals surface area contributed by atoms with Gasteiger partial charge in [-0.15, -0.1) is 0 Å². The first-order chi connectivity index (χ1) is 11.8. The van der Waals surface area contributed by atoms with E-state index in [0.29, 0.717) is 5.56 Å². The van der Waals surface area contributed by atoms with Gasteiger partial charge in [-0.3, -0.25) is 19.7 Å². The average Bonchev–Trinajstić information content (AvgIpc) is 2.85. The number of esters is 1. The van der Waals surface area contributed by atoms with Gasteiger partial charge in [0, 0.05) is 6.42 Å². The maximum atomic E-state index is 13.7. The van der Waals surface area contributed by atoms with E-state index >= 15 is 0 Å². The molecule has 0 unspecified atom stereocenters. The van der Waals surface area contributed by atoms with E-state index in [1.807, 2.05) is 5.32 Å². The minimum absolute atomic E-state index is 0.0103. The van der Waals surface area contributed by atoms with Gasteiger partial charge in [-0.05, 0) is 38.0 Å². The number of aryl methyl sites for hydroxylation is 1. The molecule has 0 radical (unpaired) electrons. The smallest absolute Gasteiger partial charge is 0.322 e. The Morgan fingerprint density at radius 3 is 2.68 bits per heavy atom. The Labute approximate surface area is 143 Å². The van der Waals surface area contributed by atoms with Gasteiger partial charge in [-0.1, -0.05) is 6.07 Å². The average molecular weight is 351 g/mol. The Morgan fingerprint density at radius 2 is 2.08 bits per heavy atom. The first kappa shape index (κ1) is 18.4. The highest BCUT2D eigenvalue weighted by Gasteiger charge is 2.30. The highest BCUT2D eigenvalue weighted by atomic mass is 19.1. The maximum Gasteiger partial charge on any atom is 0.322 e.